The summed E-state index contributed by atoms with van der Waals surface area (Å²) in [7, 11) is 2.96. The summed E-state index contributed by atoms with van der Waals surface area (Å²) in [5, 5.41) is 4.94. The zero-order valence-electron chi connectivity index (χ0n) is 8.83. The lowest BCUT2D eigenvalue weighted by Crippen LogP contribution is -2.23. The topological polar surface area (TPSA) is 84.8 Å². The summed E-state index contributed by atoms with van der Waals surface area (Å²) < 4.78 is 4.79. The molecule has 0 rings (SSSR count). The molecule has 0 spiro atoms. The number of allylic oxidation sites excluding steroid dienone is 1. The average Bonchev–Trinajstić information content (AvgIpc) is 2.24. The Bertz CT molecular complexity index is 262. The normalized spacial score (nSPS) is 12.5. The molecule has 0 aromatic rings. The third-order valence-corrected chi connectivity index (χ3v) is 1.15. The van der Waals surface area contributed by atoms with Crippen molar-refractivity contribution in [1.82, 2.24) is 5.17 Å². The molecule has 0 aliphatic carbocycles. The van der Waals surface area contributed by atoms with Gasteiger partial charge in [0.1, 0.15) is 0 Å². The summed E-state index contributed by atoms with van der Waals surface area (Å²) in [6, 6.07) is 0. The Morgan fingerprint density at radius 1 is 1.53 bits per heavy atom. The molecule has 0 fully saturated rings. The van der Waals surface area contributed by atoms with Crippen LogP contribution in [0.1, 0.15) is 0 Å². The SMILES string of the molecule is C=N\C=C/C=N/C(N)=N\N(COC)OC. The lowest BCUT2D eigenvalue weighted by molar-refractivity contribution is -0.181. The molecule has 84 valence electrons. The van der Waals surface area contributed by atoms with Gasteiger partial charge in [0, 0.05) is 19.5 Å². The van der Waals surface area contributed by atoms with Gasteiger partial charge < -0.3 is 10.5 Å². The smallest absolute Gasteiger partial charge is 0.240 e. The molecule has 0 bridgehead atoms. The molecular formula is C8H15N5O2. The number of hydrogen-bond donors (Lipinski definition) is 1. The first kappa shape index (κ1) is 13.3. The van der Waals surface area contributed by atoms with Crippen molar-refractivity contribution in [3.8, 4) is 0 Å². The maximum Gasteiger partial charge on any atom is 0.240 e. The van der Waals surface area contributed by atoms with Crippen molar-refractivity contribution < 1.29 is 9.57 Å². The van der Waals surface area contributed by atoms with E-state index in [9.17, 15) is 0 Å². The summed E-state index contributed by atoms with van der Waals surface area (Å²) in [5.74, 6) is 0.0441. The first-order chi connectivity index (χ1) is 7.24. The highest BCUT2D eigenvalue weighted by molar-refractivity contribution is 5.89. The van der Waals surface area contributed by atoms with E-state index in [1.54, 1.807) is 6.08 Å². The second kappa shape index (κ2) is 8.85. The maximum atomic E-state index is 5.46. The molecule has 0 saturated heterocycles. The summed E-state index contributed by atoms with van der Waals surface area (Å²) in [5.41, 5.74) is 5.46. The van der Waals surface area contributed by atoms with Crippen molar-refractivity contribution >= 4 is 18.9 Å². The lowest BCUT2D eigenvalue weighted by Gasteiger charge is -2.13. The largest absolute Gasteiger partial charge is 0.366 e. The fourth-order valence-electron chi connectivity index (χ4n) is 0.592. The second-order valence-corrected chi connectivity index (χ2v) is 2.21. The van der Waals surface area contributed by atoms with Crippen LogP contribution >= 0.6 is 0 Å². The van der Waals surface area contributed by atoms with Crippen LogP contribution in [-0.2, 0) is 9.57 Å². The number of nitrogens with two attached hydrogens (primary N) is 1. The molecule has 0 unspecified atom stereocenters. The molecule has 0 saturated carbocycles. The number of methoxy groups -OCH3 is 1. The molecule has 15 heavy (non-hydrogen) atoms. The number of nitrogens with zero attached hydrogens (tertiary/aromatic N) is 4. The Balaban J connectivity index is 4.20. The van der Waals surface area contributed by atoms with Crippen LogP contribution in [0.2, 0.25) is 0 Å². The van der Waals surface area contributed by atoms with Crippen LogP contribution in [0, 0.1) is 0 Å². The molecule has 0 aromatic heterocycles. The van der Waals surface area contributed by atoms with Gasteiger partial charge in [-0.2, -0.15) is 0 Å². The van der Waals surface area contributed by atoms with Crippen LogP contribution in [0.5, 0.6) is 0 Å². The van der Waals surface area contributed by atoms with E-state index in [2.05, 4.69) is 21.8 Å². The number of rotatable bonds is 6. The molecule has 0 aromatic carbocycles. The minimum Gasteiger partial charge on any atom is -0.366 e. The summed E-state index contributed by atoms with van der Waals surface area (Å²) in [4.78, 5) is 12.1. The molecule has 0 amide bonds. The Labute approximate surface area is 88.5 Å². The predicted molar refractivity (Wildman–Crippen MR) is 59.5 cm³/mol. The van der Waals surface area contributed by atoms with Crippen molar-refractivity contribution in [1.29, 1.82) is 0 Å². The van der Waals surface area contributed by atoms with Gasteiger partial charge in [-0.3, -0.25) is 9.83 Å². The van der Waals surface area contributed by atoms with Gasteiger partial charge in [0.15, 0.2) is 6.73 Å². The third-order valence-electron chi connectivity index (χ3n) is 1.15. The van der Waals surface area contributed by atoms with E-state index < -0.39 is 0 Å². The van der Waals surface area contributed by atoms with E-state index in [0.717, 1.165) is 5.17 Å². The minimum atomic E-state index is 0.0441. The monoisotopic (exact) mass is 213 g/mol. The number of hydroxylamine groups is 1. The quantitative estimate of drug-likeness (QED) is 0.290. The average molecular weight is 213 g/mol. The minimum absolute atomic E-state index is 0.0441. The number of hydrazone groups is 1. The Kier molecular flexibility index (Phi) is 7.83. The van der Waals surface area contributed by atoms with Crippen LogP contribution in [0.25, 0.3) is 0 Å². The predicted octanol–water partition coefficient (Wildman–Crippen LogP) is -0.0315. The highest BCUT2D eigenvalue weighted by atomic mass is 16.7. The Morgan fingerprint density at radius 2 is 2.27 bits per heavy atom. The zero-order valence-corrected chi connectivity index (χ0v) is 8.83. The van der Waals surface area contributed by atoms with E-state index >= 15 is 0 Å². The highest BCUT2D eigenvalue weighted by Crippen LogP contribution is 1.89. The Morgan fingerprint density at radius 3 is 2.80 bits per heavy atom. The first-order valence-electron chi connectivity index (χ1n) is 4.04. The van der Waals surface area contributed by atoms with Gasteiger partial charge in [-0.15, -0.1) is 10.3 Å². The van der Waals surface area contributed by atoms with Gasteiger partial charge in [0.2, 0.25) is 5.96 Å². The number of ether oxygens (including phenoxy) is 1. The van der Waals surface area contributed by atoms with E-state index in [-0.39, 0.29) is 12.7 Å². The van der Waals surface area contributed by atoms with E-state index in [4.69, 9.17) is 15.3 Å². The Hall–Kier alpha value is -1.73. The fourth-order valence-corrected chi connectivity index (χ4v) is 0.592. The highest BCUT2D eigenvalue weighted by Gasteiger charge is 1.97. The molecule has 0 aliphatic rings. The van der Waals surface area contributed by atoms with Crippen molar-refractivity contribution in [3.05, 3.63) is 12.3 Å². The van der Waals surface area contributed by atoms with E-state index in [1.165, 1.54) is 26.6 Å². The van der Waals surface area contributed by atoms with Crippen molar-refractivity contribution in [2.24, 2.45) is 20.8 Å². The van der Waals surface area contributed by atoms with Crippen LogP contribution in [0.3, 0.4) is 0 Å². The summed E-state index contributed by atoms with van der Waals surface area (Å²) >= 11 is 0. The van der Waals surface area contributed by atoms with Gasteiger partial charge in [-0.1, -0.05) is 0 Å². The third kappa shape index (κ3) is 7.35. The molecule has 7 heteroatoms. The second-order valence-electron chi connectivity index (χ2n) is 2.21. The molecule has 0 radical (unpaired) electrons. The standard InChI is InChI=1S/C8H15N5O2/c1-10-5-4-6-11-8(9)12-13(15-3)7-14-2/h4-6H,1,7H2,2-3H3,(H2,9,12)/b5-4-,11-6+. The van der Waals surface area contributed by atoms with Crippen LogP contribution in [0.4, 0.5) is 0 Å². The molecule has 0 aliphatic heterocycles. The van der Waals surface area contributed by atoms with Gasteiger partial charge >= 0.3 is 0 Å². The van der Waals surface area contributed by atoms with E-state index in [0.29, 0.717) is 0 Å². The van der Waals surface area contributed by atoms with Gasteiger partial charge in [-0.25, -0.2) is 4.99 Å². The van der Waals surface area contributed by atoms with Crippen LogP contribution < -0.4 is 5.73 Å². The number of aliphatic imine (C=N–C) groups is 2. The van der Waals surface area contributed by atoms with Gasteiger partial charge in [0.05, 0.1) is 7.11 Å². The molecule has 2 N–H and O–H groups in total. The lowest BCUT2D eigenvalue weighted by atomic mass is 10.6. The molecule has 0 heterocycles. The first-order valence-corrected chi connectivity index (χ1v) is 4.04. The van der Waals surface area contributed by atoms with Gasteiger partial charge in [0.25, 0.3) is 0 Å². The van der Waals surface area contributed by atoms with Crippen LogP contribution in [0.15, 0.2) is 27.4 Å². The number of guanidine groups is 1. The summed E-state index contributed by atoms with van der Waals surface area (Å²) in [6.45, 7) is 3.42. The molecule has 0 atom stereocenters. The molecular weight excluding hydrogens is 198 g/mol. The van der Waals surface area contributed by atoms with Crippen LogP contribution in [-0.4, -0.2) is 45.0 Å². The number of hydrogen-bond acceptors (Lipinski definition) is 5. The van der Waals surface area contributed by atoms with Crippen molar-refractivity contribution in [2.45, 2.75) is 0 Å². The fraction of sp³-hybridized carbons (Fsp3) is 0.375. The zero-order chi connectivity index (χ0) is 11.5. The summed E-state index contributed by atoms with van der Waals surface area (Å²) in [6.07, 6.45) is 4.48. The van der Waals surface area contributed by atoms with E-state index in [1.807, 2.05) is 0 Å². The van der Waals surface area contributed by atoms with Crippen molar-refractivity contribution in [2.75, 3.05) is 21.0 Å². The molecule has 7 nitrogen and oxygen atoms in total. The maximum absolute atomic E-state index is 5.46. The van der Waals surface area contributed by atoms with Gasteiger partial charge in [-0.05, 0) is 12.8 Å². The van der Waals surface area contributed by atoms with Crippen molar-refractivity contribution in [3.63, 3.8) is 0 Å².